The summed E-state index contributed by atoms with van der Waals surface area (Å²) in [5, 5.41) is 8.81. The van der Waals surface area contributed by atoms with E-state index in [4.69, 9.17) is 15.6 Å². The van der Waals surface area contributed by atoms with Gasteiger partial charge in [-0.05, 0) is 37.0 Å². The van der Waals surface area contributed by atoms with Crippen molar-refractivity contribution >= 4 is 11.9 Å². The van der Waals surface area contributed by atoms with Gasteiger partial charge in [-0.2, -0.15) is 0 Å². The van der Waals surface area contributed by atoms with Gasteiger partial charge in [-0.3, -0.25) is 9.59 Å². The number of carbonyl (C=O) groups is 2. The lowest BCUT2D eigenvalue weighted by Crippen LogP contribution is -2.30. The van der Waals surface area contributed by atoms with E-state index in [0.717, 1.165) is 25.0 Å². The minimum atomic E-state index is -1.13. The number of hydrogen-bond acceptors (Lipinski definition) is 3. The average Bonchev–Trinajstić information content (AvgIpc) is 2.42. The lowest BCUT2D eigenvalue weighted by Gasteiger charge is -2.08. The van der Waals surface area contributed by atoms with E-state index in [9.17, 15) is 9.59 Å². The van der Waals surface area contributed by atoms with Gasteiger partial charge in [0.2, 0.25) is 5.91 Å². The number of nitrogens with two attached hydrogens (primary N) is 1. The molecule has 20 heavy (non-hydrogen) atoms. The fraction of sp³-hybridized carbons (Fsp3) is 0.467. The first-order chi connectivity index (χ1) is 9.54. The van der Waals surface area contributed by atoms with Crippen LogP contribution in [0.1, 0.15) is 31.2 Å². The molecule has 1 atom stereocenters. The fourth-order valence-electron chi connectivity index (χ4n) is 2.03. The molecule has 0 aliphatic carbocycles. The minimum absolute atomic E-state index is 0.313. The molecule has 1 rings (SSSR count). The monoisotopic (exact) mass is 279 g/mol. The van der Waals surface area contributed by atoms with Gasteiger partial charge in [-0.1, -0.05) is 25.0 Å². The molecule has 0 saturated carbocycles. The third-order valence-corrected chi connectivity index (χ3v) is 3.26. The van der Waals surface area contributed by atoms with Crippen LogP contribution in [0, 0.1) is 5.92 Å². The summed E-state index contributed by atoms with van der Waals surface area (Å²) in [6, 6.07) is 7.87. The van der Waals surface area contributed by atoms with E-state index in [-0.39, 0.29) is 0 Å². The first-order valence-electron chi connectivity index (χ1n) is 6.69. The Kier molecular flexibility index (Phi) is 6.56. The van der Waals surface area contributed by atoms with E-state index >= 15 is 0 Å². The molecule has 0 bridgehead atoms. The van der Waals surface area contributed by atoms with E-state index in [0.29, 0.717) is 12.8 Å². The molecule has 3 N–H and O–H groups in total. The van der Waals surface area contributed by atoms with Crippen molar-refractivity contribution in [1.82, 2.24) is 0 Å². The predicted octanol–water partition coefficient (Wildman–Crippen LogP) is 1.98. The zero-order chi connectivity index (χ0) is 15.0. The standard InChI is InChI=1S/C15H21NO4/c1-20-12-9-7-11(8-10-12)5-3-2-4-6-13(14(16)17)15(18)19/h7-10,13H,2-6H2,1H3,(H2,16,17)(H,18,19). The molecular weight excluding hydrogens is 258 g/mol. The number of aliphatic carboxylic acids is 1. The average molecular weight is 279 g/mol. The fourth-order valence-corrected chi connectivity index (χ4v) is 2.03. The molecule has 5 nitrogen and oxygen atoms in total. The summed E-state index contributed by atoms with van der Waals surface area (Å²) in [5.74, 6) is -2.11. The van der Waals surface area contributed by atoms with Crippen molar-refractivity contribution < 1.29 is 19.4 Å². The topological polar surface area (TPSA) is 89.6 Å². The Labute approximate surface area is 118 Å². The molecular formula is C15H21NO4. The molecule has 1 aromatic carbocycles. The van der Waals surface area contributed by atoms with Gasteiger partial charge in [-0.25, -0.2) is 0 Å². The molecule has 0 radical (unpaired) electrons. The van der Waals surface area contributed by atoms with Gasteiger partial charge in [0.1, 0.15) is 11.7 Å². The predicted molar refractivity (Wildman–Crippen MR) is 75.5 cm³/mol. The number of primary amides is 1. The van der Waals surface area contributed by atoms with Crippen molar-refractivity contribution in [3.8, 4) is 5.75 Å². The molecule has 0 aliphatic rings. The Balaban J connectivity index is 2.24. The van der Waals surface area contributed by atoms with E-state index in [1.165, 1.54) is 5.56 Å². The molecule has 0 aromatic heterocycles. The van der Waals surface area contributed by atoms with Gasteiger partial charge in [0, 0.05) is 0 Å². The molecule has 0 heterocycles. The summed E-state index contributed by atoms with van der Waals surface area (Å²) in [4.78, 5) is 21.7. The molecule has 1 amide bonds. The van der Waals surface area contributed by atoms with Crippen molar-refractivity contribution in [2.24, 2.45) is 11.7 Å². The molecule has 1 unspecified atom stereocenters. The minimum Gasteiger partial charge on any atom is -0.497 e. The van der Waals surface area contributed by atoms with Crippen molar-refractivity contribution in [3.05, 3.63) is 29.8 Å². The maximum absolute atomic E-state index is 10.9. The SMILES string of the molecule is COc1ccc(CCCCCC(C(N)=O)C(=O)O)cc1. The second kappa shape index (κ2) is 8.19. The molecule has 110 valence electrons. The Morgan fingerprint density at radius 3 is 2.35 bits per heavy atom. The van der Waals surface area contributed by atoms with Crippen molar-refractivity contribution in [2.75, 3.05) is 7.11 Å². The van der Waals surface area contributed by atoms with Crippen molar-refractivity contribution in [2.45, 2.75) is 32.1 Å². The zero-order valence-electron chi connectivity index (χ0n) is 11.7. The quantitative estimate of drug-likeness (QED) is 0.534. The van der Waals surface area contributed by atoms with Crippen LogP contribution in [0.4, 0.5) is 0 Å². The number of hydrogen-bond donors (Lipinski definition) is 2. The van der Waals surface area contributed by atoms with Crippen LogP contribution in [-0.2, 0) is 16.0 Å². The van der Waals surface area contributed by atoms with E-state index in [1.54, 1.807) is 7.11 Å². The molecule has 5 heteroatoms. The summed E-state index contributed by atoms with van der Waals surface area (Å²) >= 11 is 0. The number of aryl methyl sites for hydroxylation is 1. The van der Waals surface area contributed by atoms with Gasteiger partial charge in [-0.15, -0.1) is 0 Å². The van der Waals surface area contributed by atoms with Crippen LogP contribution < -0.4 is 10.5 Å². The summed E-state index contributed by atoms with van der Waals surface area (Å²) < 4.78 is 5.08. The normalized spacial score (nSPS) is 11.8. The smallest absolute Gasteiger partial charge is 0.316 e. The molecule has 0 spiro atoms. The number of amides is 1. The Bertz CT molecular complexity index is 428. The molecule has 1 aromatic rings. The maximum atomic E-state index is 10.9. The summed E-state index contributed by atoms with van der Waals surface area (Å²) in [7, 11) is 1.63. The Morgan fingerprint density at radius 1 is 1.20 bits per heavy atom. The highest BCUT2D eigenvalue weighted by atomic mass is 16.5. The number of ether oxygens (including phenoxy) is 1. The highest BCUT2D eigenvalue weighted by Crippen LogP contribution is 2.15. The van der Waals surface area contributed by atoms with Crippen LogP contribution in [0.15, 0.2) is 24.3 Å². The largest absolute Gasteiger partial charge is 0.497 e. The van der Waals surface area contributed by atoms with E-state index in [2.05, 4.69) is 0 Å². The number of carbonyl (C=O) groups excluding carboxylic acids is 1. The molecule has 0 saturated heterocycles. The van der Waals surface area contributed by atoms with E-state index in [1.807, 2.05) is 24.3 Å². The van der Waals surface area contributed by atoms with Crippen LogP contribution in [0.25, 0.3) is 0 Å². The van der Waals surface area contributed by atoms with Crippen molar-refractivity contribution in [1.29, 1.82) is 0 Å². The molecule has 0 aliphatic heterocycles. The third-order valence-electron chi connectivity index (χ3n) is 3.26. The van der Waals surface area contributed by atoms with Gasteiger partial charge < -0.3 is 15.6 Å². The van der Waals surface area contributed by atoms with Gasteiger partial charge in [0.05, 0.1) is 7.11 Å². The number of carboxylic acids is 1. The summed E-state index contributed by atoms with van der Waals surface area (Å²) in [5.41, 5.74) is 6.26. The number of unbranched alkanes of at least 4 members (excludes halogenated alkanes) is 2. The summed E-state index contributed by atoms with van der Waals surface area (Å²) in [6.45, 7) is 0. The van der Waals surface area contributed by atoms with E-state index < -0.39 is 17.8 Å². The van der Waals surface area contributed by atoms with Gasteiger partial charge in [0.15, 0.2) is 0 Å². The highest BCUT2D eigenvalue weighted by Gasteiger charge is 2.22. The van der Waals surface area contributed by atoms with Crippen LogP contribution >= 0.6 is 0 Å². The van der Waals surface area contributed by atoms with Crippen LogP contribution in [0.3, 0.4) is 0 Å². The number of methoxy groups -OCH3 is 1. The summed E-state index contributed by atoms with van der Waals surface area (Å²) in [6.07, 6.45) is 3.77. The van der Waals surface area contributed by atoms with Crippen LogP contribution in [-0.4, -0.2) is 24.1 Å². The lowest BCUT2D eigenvalue weighted by atomic mass is 9.99. The number of rotatable bonds is 9. The van der Waals surface area contributed by atoms with Crippen molar-refractivity contribution in [3.63, 3.8) is 0 Å². The van der Waals surface area contributed by atoms with Gasteiger partial charge >= 0.3 is 5.97 Å². The van der Waals surface area contributed by atoms with Gasteiger partial charge in [0.25, 0.3) is 0 Å². The maximum Gasteiger partial charge on any atom is 0.316 e. The van der Waals surface area contributed by atoms with Crippen LogP contribution in [0.2, 0.25) is 0 Å². The highest BCUT2D eigenvalue weighted by molar-refractivity contribution is 5.95. The number of carboxylic acid groups (broad SMARTS) is 1. The Morgan fingerprint density at radius 2 is 1.85 bits per heavy atom. The second-order valence-corrected chi connectivity index (χ2v) is 4.74. The second-order valence-electron chi connectivity index (χ2n) is 4.74. The molecule has 0 fully saturated rings. The number of benzene rings is 1. The first-order valence-corrected chi connectivity index (χ1v) is 6.69. The van der Waals surface area contributed by atoms with Crippen LogP contribution in [0.5, 0.6) is 5.75 Å². The zero-order valence-corrected chi connectivity index (χ0v) is 11.7. The first kappa shape index (κ1) is 16.0. The third kappa shape index (κ3) is 5.30. The lowest BCUT2D eigenvalue weighted by molar-refractivity contribution is -0.146. The Hall–Kier alpha value is -2.04.